The van der Waals surface area contributed by atoms with Crippen molar-refractivity contribution in [3.63, 3.8) is 0 Å². The molecule has 6 heteroatoms. The molecule has 1 aromatic carbocycles. The number of ether oxygens (including phenoxy) is 2. The van der Waals surface area contributed by atoms with E-state index in [4.69, 9.17) is 4.74 Å². The highest BCUT2D eigenvalue weighted by Crippen LogP contribution is 2.45. The minimum atomic E-state index is -0.410. The number of piperidine rings is 1. The van der Waals surface area contributed by atoms with Crippen LogP contribution in [0.25, 0.3) is 0 Å². The molecule has 112 valence electrons. The Kier molecular flexibility index (Phi) is 3.68. The fraction of sp³-hybridized carbons (Fsp3) is 0.467. The molecule has 1 N–H and O–H groups in total. The van der Waals surface area contributed by atoms with Crippen LogP contribution in [0.4, 0.5) is 9.59 Å². The zero-order valence-corrected chi connectivity index (χ0v) is 11.8. The number of hydrogen-bond acceptors (Lipinski definition) is 4. The molecule has 2 amide bonds. The number of likely N-dealkylation sites (tertiary alicyclic amines) is 1. The Bertz CT molecular complexity index is 522. The standard InChI is InChI=1S/C15H18N2O4/c1-20-14(18)16-13-11-7-17(8-12(11)13)15(19)21-9-10-5-3-2-4-6-10/h2-6,11-13H,7-9H2,1H3,(H,16,18)/t11-,12+,13?. The number of benzene rings is 1. The van der Waals surface area contributed by atoms with Gasteiger partial charge in [0.2, 0.25) is 0 Å². The summed E-state index contributed by atoms with van der Waals surface area (Å²) < 4.78 is 9.87. The van der Waals surface area contributed by atoms with Gasteiger partial charge in [-0.05, 0) is 5.56 Å². The monoisotopic (exact) mass is 290 g/mol. The van der Waals surface area contributed by atoms with Crippen LogP contribution >= 0.6 is 0 Å². The predicted octanol–water partition coefficient (Wildman–Crippen LogP) is 1.61. The van der Waals surface area contributed by atoms with E-state index in [1.54, 1.807) is 4.90 Å². The van der Waals surface area contributed by atoms with Crippen molar-refractivity contribution in [2.24, 2.45) is 11.8 Å². The Labute approximate surface area is 123 Å². The molecule has 1 saturated heterocycles. The highest BCUT2D eigenvalue weighted by molar-refractivity contribution is 5.70. The Hall–Kier alpha value is -2.24. The van der Waals surface area contributed by atoms with Crippen LogP contribution in [0.1, 0.15) is 5.56 Å². The second-order valence-electron chi connectivity index (χ2n) is 5.43. The number of nitrogens with one attached hydrogen (secondary N) is 1. The molecular weight excluding hydrogens is 272 g/mol. The van der Waals surface area contributed by atoms with Gasteiger partial charge >= 0.3 is 12.2 Å². The highest BCUT2D eigenvalue weighted by Gasteiger charge is 2.57. The van der Waals surface area contributed by atoms with Crippen LogP contribution in [0.3, 0.4) is 0 Å². The molecule has 1 heterocycles. The molecule has 2 fully saturated rings. The summed E-state index contributed by atoms with van der Waals surface area (Å²) in [6.45, 7) is 1.55. The van der Waals surface area contributed by atoms with Gasteiger partial charge in [0.1, 0.15) is 6.61 Å². The van der Waals surface area contributed by atoms with E-state index in [0.717, 1.165) is 5.56 Å². The lowest BCUT2D eigenvalue weighted by molar-refractivity contribution is 0.0992. The van der Waals surface area contributed by atoms with Crippen LogP contribution in [-0.4, -0.2) is 43.3 Å². The first-order chi connectivity index (χ1) is 10.2. The van der Waals surface area contributed by atoms with Crippen LogP contribution in [0.5, 0.6) is 0 Å². The summed E-state index contributed by atoms with van der Waals surface area (Å²) in [7, 11) is 1.35. The topological polar surface area (TPSA) is 67.9 Å². The zero-order valence-electron chi connectivity index (χ0n) is 11.8. The van der Waals surface area contributed by atoms with Crippen molar-refractivity contribution >= 4 is 12.2 Å². The van der Waals surface area contributed by atoms with E-state index in [2.05, 4.69) is 10.1 Å². The first-order valence-electron chi connectivity index (χ1n) is 6.99. The number of amides is 2. The summed E-state index contributed by atoms with van der Waals surface area (Å²) in [4.78, 5) is 24.8. The summed E-state index contributed by atoms with van der Waals surface area (Å²) in [6, 6.07) is 9.73. The van der Waals surface area contributed by atoms with E-state index in [1.165, 1.54) is 7.11 Å². The zero-order chi connectivity index (χ0) is 14.8. The smallest absolute Gasteiger partial charge is 0.410 e. The van der Waals surface area contributed by atoms with Gasteiger partial charge in [0, 0.05) is 31.0 Å². The molecule has 1 aliphatic carbocycles. The molecule has 2 aliphatic rings. The van der Waals surface area contributed by atoms with Crippen molar-refractivity contribution in [1.29, 1.82) is 0 Å². The van der Waals surface area contributed by atoms with Gasteiger partial charge in [-0.1, -0.05) is 30.3 Å². The van der Waals surface area contributed by atoms with Gasteiger partial charge in [0.05, 0.1) is 7.11 Å². The third-order valence-electron chi connectivity index (χ3n) is 4.13. The quantitative estimate of drug-likeness (QED) is 0.918. The maximum Gasteiger partial charge on any atom is 0.410 e. The first-order valence-corrected chi connectivity index (χ1v) is 6.99. The van der Waals surface area contributed by atoms with Gasteiger partial charge in [-0.3, -0.25) is 0 Å². The SMILES string of the molecule is COC(=O)NC1[C@H]2CN(C(=O)OCc3ccccc3)C[C@@H]12. The van der Waals surface area contributed by atoms with E-state index in [-0.39, 0.29) is 18.7 Å². The fourth-order valence-corrected chi connectivity index (χ4v) is 2.90. The van der Waals surface area contributed by atoms with Crippen molar-refractivity contribution in [2.75, 3.05) is 20.2 Å². The second-order valence-corrected chi connectivity index (χ2v) is 5.43. The molecule has 0 spiro atoms. The molecule has 3 atom stereocenters. The van der Waals surface area contributed by atoms with Gasteiger partial charge in [-0.2, -0.15) is 0 Å². The molecule has 0 bridgehead atoms. The Morgan fingerprint density at radius 1 is 1.24 bits per heavy atom. The lowest BCUT2D eigenvalue weighted by Crippen LogP contribution is -2.37. The number of methoxy groups -OCH3 is 1. The number of nitrogens with zero attached hydrogens (tertiary/aromatic N) is 1. The number of alkyl carbamates (subject to hydrolysis) is 1. The molecule has 0 aromatic heterocycles. The van der Waals surface area contributed by atoms with E-state index in [9.17, 15) is 9.59 Å². The minimum absolute atomic E-state index is 0.135. The molecule has 6 nitrogen and oxygen atoms in total. The van der Waals surface area contributed by atoms with Crippen molar-refractivity contribution in [3.05, 3.63) is 35.9 Å². The van der Waals surface area contributed by atoms with Gasteiger partial charge in [0.25, 0.3) is 0 Å². The summed E-state index contributed by atoms with van der Waals surface area (Å²) >= 11 is 0. The van der Waals surface area contributed by atoms with E-state index in [1.807, 2.05) is 30.3 Å². The third-order valence-corrected chi connectivity index (χ3v) is 4.13. The predicted molar refractivity (Wildman–Crippen MR) is 74.5 cm³/mol. The van der Waals surface area contributed by atoms with E-state index < -0.39 is 6.09 Å². The Morgan fingerprint density at radius 2 is 1.90 bits per heavy atom. The van der Waals surface area contributed by atoms with Crippen LogP contribution in [0, 0.1) is 11.8 Å². The average molecular weight is 290 g/mol. The van der Waals surface area contributed by atoms with Gasteiger partial charge in [-0.15, -0.1) is 0 Å². The molecule has 1 unspecified atom stereocenters. The number of carbonyl (C=O) groups is 2. The van der Waals surface area contributed by atoms with Gasteiger partial charge < -0.3 is 19.7 Å². The van der Waals surface area contributed by atoms with Crippen molar-refractivity contribution in [3.8, 4) is 0 Å². The van der Waals surface area contributed by atoms with Gasteiger partial charge in [-0.25, -0.2) is 9.59 Å². The van der Waals surface area contributed by atoms with E-state index >= 15 is 0 Å². The first kappa shape index (κ1) is 13.7. The van der Waals surface area contributed by atoms with Gasteiger partial charge in [0.15, 0.2) is 0 Å². The van der Waals surface area contributed by atoms with Crippen LogP contribution in [0.2, 0.25) is 0 Å². The summed E-state index contributed by atoms with van der Waals surface area (Å²) in [5, 5.41) is 2.78. The molecule has 1 aliphatic heterocycles. The molecular formula is C15H18N2O4. The van der Waals surface area contributed by atoms with Crippen LogP contribution < -0.4 is 5.32 Å². The average Bonchev–Trinajstić information content (AvgIpc) is 2.96. The van der Waals surface area contributed by atoms with Crippen LogP contribution in [-0.2, 0) is 16.1 Å². The Morgan fingerprint density at radius 3 is 2.52 bits per heavy atom. The summed E-state index contributed by atoms with van der Waals surface area (Å²) in [5.74, 6) is 0.654. The molecule has 1 aromatic rings. The molecule has 0 radical (unpaired) electrons. The number of rotatable bonds is 3. The Balaban J connectivity index is 1.42. The maximum atomic E-state index is 12.0. The summed E-state index contributed by atoms with van der Waals surface area (Å²) in [6.07, 6.45) is -0.699. The largest absolute Gasteiger partial charge is 0.453 e. The number of fused-ring (bicyclic) bond motifs is 1. The second kappa shape index (κ2) is 5.63. The lowest BCUT2D eigenvalue weighted by Gasteiger charge is -2.19. The lowest BCUT2D eigenvalue weighted by atomic mass is 10.2. The number of carbonyl (C=O) groups excluding carboxylic acids is 2. The van der Waals surface area contributed by atoms with Crippen LogP contribution in [0.15, 0.2) is 30.3 Å². The third kappa shape index (κ3) is 2.94. The fourth-order valence-electron chi connectivity index (χ4n) is 2.90. The molecule has 1 saturated carbocycles. The highest BCUT2D eigenvalue weighted by atomic mass is 16.6. The maximum absolute atomic E-state index is 12.0. The van der Waals surface area contributed by atoms with Crippen molar-refractivity contribution < 1.29 is 19.1 Å². The number of hydrogen-bond donors (Lipinski definition) is 1. The summed E-state index contributed by atoms with van der Waals surface area (Å²) in [5.41, 5.74) is 0.973. The molecule has 21 heavy (non-hydrogen) atoms. The van der Waals surface area contributed by atoms with Crippen molar-refractivity contribution in [1.82, 2.24) is 10.2 Å². The minimum Gasteiger partial charge on any atom is -0.453 e. The van der Waals surface area contributed by atoms with E-state index in [0.29, 0.717) is 24.9 Å². The normalized spacial score (nSPS) is 26.0. The molecule has 3 rings (SSSR count). The van der Waals surface area contributed by atoms with Crippen molar-refractivity contribution in [2.45, 2.75) is 12.6 Å².